The molecule has 2 aliphatic rings. The van der Waals surface area contributed by atoms with E-state index in [0.29, 0.717) is 37.7 Å². The Morgan fingerprint density at radius 1 is 0.926 bits per heavy atom. The lowest BCUT2D eigenvalue weighted by Gasteiger charge is -2.35. The molecule has 2 saturated heterocycles. The number of hydrogen-bond donors (Lipinski definition) is 0. The predicted molar refractivity (Wildman–Crippen MR) is 106 cm³/mol. The number of amides is 1. The lowest BCUT2D eigenvalue weighted by Crippen LogP contribution is -2.51. The van der Waals surface area contributed by atoms with Gasteiger partial charge in [0.1, 0.15) is 0 Å². The molecule has 8 heteroatoms. The maximum atomic E-state index is 12.8. The number of nitrogens with zero attached hydrogens (tertiary/aromatic N) is 3. The summed E-state index contributed by atoms with van der Waals surface area (Å²) in [5.74, 6) is 0.169. The zero-order chi connectivity index (χ0) is 19.3. The van der Waals surface area contributed by atoms with E-state index in [0.717, 1.165) is 25.9 Å². The van der Waals surface area contributed by atoms with E-state index in [4.69, 9.17) is 11.6 Å². The summed E-state index contributed by atoms with van der Waals surface area (Å²) in [6, 6.07) is 6.36. The molecule has 1 aromatic carbocycles. The highest BCUT2D eigenvalue weighted by Crippen LogP contribution is 2.21. The highest BCUT2D eigenvalue weighted by molar-refractivity contribution is 7.89. The molecule has 0 aliphatic carbocycles. The van der Waals surface area contributed by atoms with Crippen molar-refractivity contribution in [2.45, 2.75) is 37.0 Å². The first-order valence-corrected chi connectivity index (χ1v) is 11.5. The molecule has 0 atom stereocenters. The van der Waals surface area contributed by atoms with Crippen molar-refractivity contribution in [2.75, 3.05) is 45.8 Å². The van der Waals surface area contributed by atoms with Crippen molar-refractivity contribution in [3.05, 3.63) is 29.3 Å². The van der Waals surface area contributed by atoms with Crippen LogP contribution in [-0.4, -0.2) is 74.2 Å². The zero-order valence-electron chi connectivity index (χ0n) is 15.6. The van der Waals surface area contributed by atoms with Crippen LogP contribution in [0.15, 0.2) is 29.2 Å². The van der Waals surface area contributed by atoms with E-state index >= 15 is 0 Å². The van der Waals surface area contributed by atoms with Crippen LogP contribution in [0.1, 0.15) is 32.1 Å². The van der Waals surface area contributed by atoms with E-state index in [-0.39, 0.29) is 10.8 Å². The molecule has 0 aromatic heterocycles. The fraction of sp³-hybridized carbons (Fsp3) is 0.632. The Morgan fingerprint density at radius 2 is 1.56 bits per heavy atom. The van der Waals surface area contributed by atoms with Gasteiger partial charge in [-0.2, -0.15) is 4.31 Å². The summed E-state index contributed by atoms with van der Waals surface area (Å²) in [5, 5.41) is 0.411. The van der Waals surface area contributed by atoms with Crippen molar-refractivity contribution in [3.8, 4) is 0 Å². The number of likely N-dealkylation sites (tertiary alicyclic amines) is 1. The van der Waals surface area contributed by atoms with Crippen molar-refractivity contribution in [1.82, 2.24) is 14.1 Å². The summed E-state index contributed by atoms with van der Waals surface area (Å²) < 4.78 is 27.0. The highest BCUT2D eigenvalue weighted by Gasteiger charge is 2.29. The number of halogens is 1. The van der Waals surface area contributed by atoms with E-state index in [2.05, 4.69) is 4.90 Å². The summed E-state index contributed by atoms with van der Waals surface area (Å²) in [7, 11) is -3.54. The standard InChI is InChI=1S/C19H28ClN3O3S/c20-17-7-6-8-18(15-17)27(25,26)23-13-11-21(12-14-23)16-19(24)22-9-4-2-1-3-5-10-22/h6-8,15H,1-5,9-14,16H2. The van der Waals surface area contributed by atoms with Crippen LogP contribution in [0.5, 0.6) is 0 Å². The Kier molecular flexibility index (Phi) is 7.14. The third-order valence-corrected chi connectivity index (χ3v) is 7.46. The topological polar surface area (TPSA) is 60.9 Å². The number of piperazine rings is 1. The lowest BCUT2D eigenvalue weighted by molar-refractivity contribution is -0.133. The molecule has 0 bridgehead atoms. The Labute approximate surface area is 167 Å². The molecule has 3 rings (SSSR count). The molecule has 0 spiro atoms. The first-order valence-electron chi connectivity index (χ1n) is 9.73. The van der Waals surface area contributed by atoms with Crippen LogP contribution >= 0.6 is 11.6 Å². The summed E-state index contributed by atoms with van der Waals surface area (Å²) in [4.78, 5) is 16.9. The minimum atomic E-state index is -3.54. The van der Waals surface area contributed by atoms with Gasteiger partial charge in [-0.15, -0.1) is 0 Å². The van der Waals surface area contributed by atoms with Gasteiger partial charge in [0.2, 0.25) is 15.9 Å². The number of carbonyl (C=O) groups excluding carboxylic acids is 1. The zero-order valence-corrected chi connectivity index (χ0v) is 17.2. The minimum Gasteiger partial charge on any atom is -0.342 e. The summed E-state index contributed by atoms with van der Waals surface area (Å²) in [5.41, 5.74) is 0. The molecular formula is C19H28ClN3O3S. The van der Waals surface area contributed by atoms with Gasteiger partial charge in [-0.3, -0.25) is 9.69 Å². The van der Waals surface area contributed by atoms with Gasteiger partial charge in [0.05, 0.1) is 11.4 Å². The normalized spacial score (nSPS) is 20.9. The number of carbonyl (C=O) groups is 1. The molecule has 0 N–H and O–H groups in total. The first-order chi connectivity index (χ1) is 13.0. The average Bonchev–Trinajstić information content (AvgIpc) is 2.62. The predicted octanol–water partition coefficient (Wildman–Crippen LogP) is 2.44. The van der Waals surface area contributed by atoms with Gasteiger partial charge in [0.25, 0.3) is 0 Å². The SMILES string of the molecule is O=C(CN1CCN(S(=O)(=O)c2cccc(Cl)c2)CC1)N1CCCCCCC1. The Hall–Kier alpha value is -1.15. The molecule has 2 fully saturated rings. The van der Waals surface area contributed by atoms with Crippen LogP contribution in [0.3, 0.4) is 0 Å². The second kappa shape index (κ2) is 9.37. The Bertz CT molecular complexity index is 740. The maximum Gasteiger partial charge on any atom is 0.243 e. The van der Waals surface area contributed by atoms with Crippen molar-refractivity contribution in [3.63, 3.8) is 0 Å². The Morgan fingerprint density at radius 3 is 2.19 bits per heavy atom. The Balaban J connectivity index is 1.53. The third-order valence-electron chi connectivity index (χ3n) is 5.33. The first kappa shape index (κ1) is 20.6. The van der Waals surface area contributed by atoms with E-state index in [1.807, 2.05) is 4.90 Å². The fourth-order valence-electron chi connectivity index (χ4n) is 3.69. The number of hydrogen-bond acceptors (Lipinski definition) is 4. The van der Waals surface area contributed by atoms with Crippen LogP contribution in [0.25, 0.3) is 0 Å². The van der Waals surface area contributed by atoms with Gasteiger partial charge < -0.3 is 4.90 Å². The summed E-state index contributed by atoms with van der Waals surface area (Å²) in [6.07, 6.45) is 5.83. The third kappa shape index (κ3) is 5.44. The smallest absolute Gasteiger partial charge is 0.243 e. The number of sulfonamides is 1. The molecule has 1 aromatic rings. The van der Waals surface area contributed by atoms with Gasteiger partial charge in [0.15, 0.2) is 0 Å². The van der Waals surface area contributed by atoms with E-state index < -0.39 is 10.0 Å². The minimum absolute atomic E-state index is 0.169. The van der Waals surface area contributed by atoms with Crippen LogP contribution < -0.4 is 0 Å². The summed E-state index contributed by atoms with van der Waals surface area (Å²) in [6.45, 7) is 4.00. The largest absolute Gasteiger partial charge is 0.342 e. The average molecular weight is 414 g/mol. The second-order valence-corrected chi connectivity index (χ2v) is 9.66. The number of benzene rings is 1. The molecule has 0 unspecified atom stereocenters. The summed E-state index contributed by atoms with van der Waals surface area (Å²) >= 11 is 5.93. The van der Waals surface area contributed by atoms with Gasteiger partial charge in [0, 0.05) is 44.3 Å². The van der Waals surface area contributed by atoms with Crippen LogP contribution in [0, 0.1) is 0 Å². The van der Waals surface area contributed by atoms with E-state index in [9.17, 15) is 13.2 Å². The number of rotatable bonds is 4. The van der Waals surface area contributed by atoms with Gasteiger partial charge >= 0.3 is 0 Å². The maximum absolute atomic E-state index is 12.8. The molecule has 0 radical (unpaired) electrons. The van der Waals surface area contributed by atoms with E-state index in [1.165, 1.54) is 29.6 Å². The second-order valence-electron chi connectivity index (χ2n) is 7.29. The van der Waals surface area contributed by atoms with Crippen LogP contribution in [0.4, 0.5) is 0 Å². The molecule has 6 nitrogen and oxygen atoms in total. The monoisotopic (exact) mass is 413 g/mol. The van der Waals surface area contributed by atoms with E-state index in [1.54, 1.807) is 18.2 Å². The van der Waals surface area contributed by atoms with Crippen molar-refractivity contribution < 1.29 is 13.2 Å². The van der Waals surface area contributed by atoms with Crippen LogP contribution in [0.2, 0.25) is 5.02 Å². The van der Waals surface area contributed by atoms with Gasteiger partial charge in [-0.25, -0.2) is 8.42 Å². The quantitative estimate of drug-likeness (QED) is 0.760. The molecular weight excluding hydrogens is 386 g/mol. The van der Waals surface area contributed by atoms with Gasteiger partial charge in [-0.05, 0) is 31.0 Å². The molecule has 0 saturated carbocycles. The van der Waals surface area contributed by atoms with Crippen molar-refractivity contribution in [2.24, 2.45) is 0 Å². The highest BCUT2D eigenvalue weighted by atomic mass is 35.5. The van der Waals surface area contributed by atoms with Crippen molar-refractivity contribution in [1.29, 1.82) is 0 Å². The molecule has 1 amide bonds. The fourth-order valence-corrected chi connectivity index (χ4v) is 5.42. The van der Waals surface area contributed by atoms with Crippen LogP contribution in [-0.2, 0) is 14.8 Å². The molecule has 2 aliphatic heterocycles. The van der Waals surface area contributed by atoms with Gasteiger partial charge in [-0.1, -0.05) is 36.9 Å². The molecule has 150 valence electrons. The van der Waals surface area contributed by atoms with Crippen molar-refractivity contribution >= 4 is 27.5 Å². The lowest BCUT2D eigenvalue weighted by atomic mass is 10.1. The molecule has 2 heterocycles. The molecule has 27 heavy (non-hydrogen) atoms.